The summed E-state index contributed by atoms with van der Waals surface area (Å²) in [5, 5.41) is 3.24. The van der Waals surface area contributed by atoms with E-state index in [9.17, 15) is 0 Å². The third kappa shape index (κ3) is 4.16. The number of ether oxygens (including phenoxy) is 1. The van der Waals surface area contributed by atoms with E-state index in [-0.39, 0.29) is 0 Å². The van der Waals surface area contributed by atoms with E-state index in [2.05, 4.69) is 36.6 Å². The summed E-state index contributed by atoms with van der Waals surface area (Å²) in [7, 11) is 1.60. The standard InChI is InChI=1S/C13H16BrN5O/c1-20-8-13-17-11(6-12(18-13)19-15)16-7-9-3-2-4-10(14)5-9/h2-6H,7-8,15H2,1H3,(H2,16,17,18,19). The Balaban J connectivity index is 2.10. The lowest BCUT2D eigenvalue weighted by Gasteiger charge is -2.09. The van der Waals surface area contributed by atoms with Crippen LogP contribution in [0.3, 0.4) is 0 Å². The molecule has 0 aliphatic rings. The van der Waals surface area contributed by atoms with Crippen LogP contribution in [-0.4, -0.2) is 17.1 Å². The number of hydrogen-bond acceptors (Lipinski definition) is 6. The molecule has 0 amide bonds. The highest BCUT2D eigenvalue weighted by atomic mass is 79.9. The van der Waals surface area contributed by atoms with Crippen LogP contribution in [0.5, 0.6) is 0 Å². The maximum atomic E-state index is 5.40. The smallest absolute Gasteiger partial charge is 0.158 e. The molecule has 1 heterocycles. The van der Waals surface area contributed by atoms with Crippen LogP contribution in [0.2, 0.25) is 0 Å². The van der Waals surface area contributed by atoms with Crippen LogP contribution in [0.25, 0.3) is 0 Å². The Morgan fingerprint density at radius 2 is 2.05 bits per heavy atom. The lowest BCUT2D eigenvalue weighted by atomic mass is 10.2. The summed E-state index contributed by atoms with van der Waals surface area (Å²) in [6, 6.07) is 9.81. The van der Waals surface area contributed by atoms with Crippen molar-refractivity contribution in [3.05, 3.63) is 46.2 Å². The summed E-state index contributed by atoms with van der Waals surface area (Å²) in [6.45, 7) is 0.994. The van der Waals surface area contributed by atoms with Gasteiger partial charge in [0.05, 0.1) is 0 Å². The van der Waals surface area contributed by atoms with Gasteiger partial charge in [-0.1, -0.05) is 28.1 Å². The van der Waals surface area contributed by atoms with E-state index in [1.807, 2.05) is 24.3 Å². The number of hydrogen-bond donors (Lipinski definition) is 3. The van der Waals surface area contributed by atoms with E-state index in [0.29, 0.717) is 30.6 Å². The Bertz CT molecular complexity index is 578. The van der Waals surface area contributed by atoms with E-state index in [1.54, 1.807) is 13.2 Å². The molecular weight excluding hydrogens is 322 g/mol. The Morgan fingerprint density at radius 3 is 2.75 bits per heavy atom. The van der Waals surface area contributed by atoms with E-state index in [0.717, 1.165) is 10.0 Å². The van der Waals surface area contributed by atoms with Gasteiger partial charge >= 0.3 is 0 Å². The zero-order valence-corrected chi connectivity index (χ0v) is 12.6. The largest absolute Gasteiger partial charge is 0.377 e. The van der Waals surface area contributed by atoms with Crippen molar-refractivity contribution >= 4 is 27.6 Å². The van der Waals surface area contributed by atoms with Crippen LogP contribution in [0.15, 0.2) is 34.8 Å². The van der Waals surface area contributed by atoms with Crippen molar-refractivity contribution in [2.24, 2.45) is 5.84 Å². The highest BCUT2D eigenvalue weighted by Gasteiger charge is 2.04. The molecule has 0 bridgehead atoms. The van der Waals surface area contributed by atoms with Crippen LogP contribution in [0.1, 0.15) is 11.4 Å². The molecule has 2 rings (SSSR count). The molecule has 2 aromatic rings. The predicted molar refractivity (Wildman–Crippen MR) is 82.0 cm³/mol. The summed E-state index contributed by atoms with van der Waals surface area (Å²) in [5.74, 6) is 7.20. The van der Waals surface area contributed by atoms with Gasteiger partial charge in [0.15, 0.2) is 5.82 Å². The zero-order valence-electron chi connectivity index (χ0n) is 11.1. The van der Waals surface area contributed by atoms with Gasteiger partial charge < -0.3 is 15.5 Å². The molecule has 1 aromatic carbocycles. The number of benzene rings is 1. The van der Waals surface area contributed by atoms with Gasteiger partial charge in [-0.05, 0) is 17.7 Å². The number of nitrogens with one attached hydrogen (secondary N) is 2. The first-order valence-corrected chi connectivity index (χ1v) is 6.82. The summed E-state index contributed by atoms with van der Waals surface area (Å²) in [6.07, 6.45) is 0. The van der Waals surface area contributed by atoms with E-state index >= 15 is 0 Å². The third-order valence-electron chi connectivity index (χ3n) is 2.56. The second kappa shape index (κ2) is 7.18. The van der Waals surface area contributed by atoms with E-state index in [1.165, 1.54) is 0 Å². The van der Waals surface area contributed by atoms with Gasteiger partial charge in [0.2, 0.25) is 0 Å². The number of hydrazine groups is 1. The fraction of sp³-hybridized carbons (Fsp3) is 0.231. The van der Waals surface area contributed by atoms with Crippen molar-refractivity contribution in [3.63, 3.8) is 0 Å². The van der Waals surface area contributed by atoms with Gasteiger partial charge in [-0.15, -0.1) is 0 Å². The summed E-state index contributed by atoms with van der Waals surface area (Å²) in [5.41, 5.74) is 3.67. The first-order chi connectivity index (χ1) is 9.71. The first-order valence-electron chi connectivity index (χ1n) is 6.03. The fourth-order valence-electron chi connectivity index (χ4n) is 1.69. The molecule has 6 nitrogen and oxygen atoms in total. The molecular formula is C13H16BrN5O. The Morgan fingerprint density at radius 1 is 1.25 bits per heavy atom. The van der Waals surface area contributed by atoms with Crippen LogP contribution in [0, 0.1) is 0 Å². The topological polar surface area (TPSA) is 85.1 Å². The van der Waals surface area contributed by atoms with Crippen LogP contribution in [0.4, 0.5) is 11.6 Å². The monoisotopic (exact) mass is 337 g/mol. The Kier molecular flexibility index (Phi) is 5.28. The summed E-state index contributed by atoms with van der Waals surface area (Å²) >= 11 is 3.45. The normalized spacial score (nSPS) is 10.3. The molecule has 106 valence electrons. The van der Waals surface area contributed by atoms with Crippen molar-refractivity contribution < 1.29 is 4.74 Å². The van der Waals surface area contributed by atoms with Gasteiger partial charge in [-0.2, -0.15) is 0 Å². The van der Waals surface area contributed by atoms with Gasteiger partial charge in [0, 0.05) is 24.2 Å². The highest BCUT2D eigenvalue weighted by Crippen LogP contribution is 2.15. The molecule has 20 heavy (non-hydrogen) atoms. The second-order valence-corrected chi connectivity index (χ2v) is 5.03. The Labute approximate surface area is 125 Å². The van der Waals surface area contributed by atoms with E-state index < -0.39 is 0 Å². The molecule has 0 unspecified atom stereocenters. The van der Waals surface area contributed by atoms with E-state index in [4.69, 9.17) is 10.6 Å². The molecule has 0 aliphatic carbocycles. The van der Waals surface area contributed by atoms with Crippen LogP contribution in [-0.2, 0) is 17.9 Å². The van der Waals surface area contributed by atoms with Gasteiger partial charge in [-0.25, -0.2) is 15.8 Å². The molecule has 0 spiro atoms. The number of nitrogens with zero attached hydrogens (tertiary/aromatic N) is 2. The predicted octanol–water partition coefficient (Wildman–Crippen LogP) is 2.28. The molecule has 4 N–H and O–H groups in total. The zero-order chi connectivity index (χ0) is 14.4. The number of nitrogen functional groups attached to an aromatic ring is 1. The van der Waals surface area contributed by atoms with Crippen molar-refractivity contribution in [1.82, 2.24) is 9.97 Å². The first kappa shape index (κ1) is 14.7. The van der Waals surface area contributed by atoms with Gasteiger partial charge in [0.25, 0.3) is 0 Å². The summed E-state index contributed by atoms with van der Waals surface area (Å²) in [4.78, 5) is 8.55. The quantitative estimate of drug-likeness (QED) is 0.554. The molecule has 0 saturated carbocycles. The number of aromatic nitrogens is 2. The minimum atomic E-state index is 0.334. The second-order valence-electron chi connectivity index (χ2n) is 4.12. The SMILES string of the molecule is COCc1nc(NN)cc(NCc2cccc(Br)c2)n1. The van der Waals surface area contributed by atoms with Gasteiger partial charge in [-0.3, -0.25) is 0 Å². The van der Waals surface area contributed by atoms with Crippen LogP contribution >= 0.6 is 15.9 Å². The average Bonchev–Trinajstić information content (AvgIpc) is 2.45. The molecule has 7 heteroatoms. The third-order valence-corrected chi connectivity index (χ3v) is 3.05. The van der Waals surface area contributed by atoms with Crippen molar-refractivity contribution in [3.8, 4) is 0 Å². The molecule has 0 atom stereocenters. The maximum Gasteiger partial charge on any atom is 0.158 e. The minimum absolute atomic E-state index is 0.334. The number of anilines is 2. The molecule has 0 aliphatic heterocycles. The van der Waals surface area contributed by atoms with Crippen molar-refractivity contribution in [2.45, 2.75) is 13.2 Å². The number of rotatable bonds is 6. The van der Waals surface area contributed by atoms with Crippen molar-refractivity contribution in [1.29, 1.82) is 0 Å². The maximum absolute atomic E-state index is 5.40. The summed E-state index contributed by atoms with van der Waals surface area (Å²) < 4.78 is 6.08. The molecule has 0 fully saturated rings. The lowest BCUT2D eigenvalue weighted by molar-refractivity contribution is 0.178. The molecule has 1 aromatic heterocycles. The number of nitrogens with two attached hydrogens (primary N) is 1. The fourth-order valence-corrected chi connectivity index (χ4v) is 2.14. The van der Waals surface area contributed by atoms with Crippen LogP contribution < -0.4 is 16.6 Å². The molecule has 0 radical (unpaired) electrons. The van der Waals surface area contributed by atoms with Gasteiger partial charge in [0.1, 0.15) is 18.2 Å². The minimum Gasteiger partial charge on any atom is -0.377 e. The lowest BCUT2D eigenvalue weighted by Crippen LogP contribution is -2.12. The molecule has 0 saturated heterocycles. The number of halogens is 1. The average molecular weight is 338 g/mol. The van der Waals surface area contributed by atoms with Crippen molar-refractivity contribution in [2.75, 3.05) is 17.9 Å². The Hall–Kier alpha value is -1.70. The number of methoxy groups -OCH3 is 1. The highest BCUT2D eigenvalue weighted by molar-refractivity contribution is 9.10.